The van der Waals surface area contributed by atoms with Crippen LogP contribution < -0.4 is 10.0 Å². The molecule has 16 heavy (non-hydrogen) atoms. The summed E-state index contributed by atoms with van der Waals surface area (Å²) in [4.78, 5) is 0. The van der Waals surface area contributed by atoms with Crippen molar-refractivity contribution in [3.05, 3.63) is 0 Å². The van der Waals surface area contributed by atoms with E-state index in [1.165, 1.54) is 0 Å². The summed E-state index contributed by atoms with van der Waals surface area (Å²) in [5, 5.41) is 3.02. The molecule has 1 fully saturated rings. The molecule has 1 rings (SSSR count). The third kappa shape index (κ3) is 4.03. The SMILES string of the molecule is CCNCCS(=O)(=O)NCC1(C(C)C)CC1. The summed E-state index contributed by atoms with van der Waals surface area (Å²) in [5.41, 5.74) is 0.241. The molecule has 0 amide bonds. The minimum Gasteiger partial charge on any atom is -0.316 e. The van der Waals surface area contributed by atoms with E-state index in [0.29, 0.717) is 19.0 Å². The number of hydrogen-bond acceptors (Lipinski definition) is 3. The van der Waals surface area contributed by atoms with Gasteiger partial charge in [0.05, 0.1) is 5.75 Å². The molecule has 0 atom stereocenters. The molecule has 1 saturated carbocycles. The highest BCUT2D eigenvalue weighted by Crippen LogP contribution is 2.51. The van der Waals surface area contributed by atoms with Crippen molar-refractivity contribution in [2.45, 2.75) is 33.6 Å². The Kier molecular flexibility index (Phi) is 4.76. The summed E-state index contributed by atoms with van der Waals surface area (Å²) in [6, 6.07) is 0. The van der Waals surface area contributed by atoms with Gasteiger partial charge < -0.3 is 5.32 Å². The van der Waals surface area contributed by atoms with Crippen molar-refractivity contribution in [1.82, 2.24) is 10.0 Å². The Morgan fingerprint density at radius 3 is 2.38 bits per heavy atom. The fraction of sp³-hybridized carbons (Fsp3) is 1.00. The fourth-order valence-corrected chi connectivity index (χ4v) is 2.89. The number of rotatable bonds is 8. The Morgan fingerprint density at radius 1 is 1.31 bits per heavy atom. The zero-order chi connectivity index (χ0) is 12.2. The maximum Gasteiger partial charge on any atom is 0.212 e. The topological polar surface area (TPSA) is 58.2 Å². The van der Waals surface area contributed by atoms with Gasteiger partial charge in [-0.1, -0.05) is 20.8 Å². The van der Waals surface area contributed by atoms with Gasteiger partial charge in [0.2, 0.25) is 10.0 Å². The Balaban J connectivity index is 2.31. The number of nitrogens with one attached hydrogen (secondary N) is 2. The fourth-order valence-electron chi connectivity index (χ4n) is 1.83. The maximum atomic E-state index is 11.7. The van der Waals surface area contributed by atoms with Gasteiger partial charge in [-0.25, -0.2) is 13.1 Å². The second-order valence-corrected chi connectivity index (χ2v) is 6.94. The first-order valence-corrected chi connectivity index (χ1v) is 7.75. The highest BCUT2D eigenvalue weighted by Gasteiger charge is 2.45. The first kappa shape index (κ1) is 13.9. The standard InChI is InChI=1S/C11H24N2O2S/c1-4-12-7-8-16(14,15)13-9-11(5-6-11)10(2)3/h10,12-13H,4-9H2,1-3H3. The normalized spacial score (nSPS) is 19.0. The van der Waals surface area contributed by atoms with E-state index >= 15 is 0 Å². The predicted molar refractivity (Wildman–Crippen MR) is 66.8 cm³/mol. The highest BCUT2D eigenvalue weighted by molar-refractivity contribution is 7.89. The molecule has 0 spiro atoms. The van der Waals surface area contributed by atoms with Crippen LogP contribution in [0, 0.1) is 11.3 Å². The summed E-state index contributed by atoms with van der Waals surface area (Å²) in [6.07, 6.45) is 2.31. The van der Waals surface area contributed by atoms with Crippen LogP contribution in [0.25, 0.3) is 0 Å². The molecule has 96 valence electrons. The van der Waals surface area contributed by atoms with E-state index in [9.17, 15) is 8.42 Å². The van der Waals surface area contributed by atoms with E-state index < -0.39 is 10.0 Å². The molecule has 0 bridgehead atoms. The lowest BCUT2D eigenvalue weighted by Gasteiger charge is -2.19. The first-order chi connectivity index (χ1) is 7.42. The zero-order valence-corrected chi connectivity index (χ0v) is 11.4. The van der Waals surface area contributed by atoms with Crippen LogP contribution in [0.1, 0.15) is 33.6 Å². The first-order valence-electron chi connectivity index (χ1n) is 6.10. The molecule has 0 heterocycles. The molecule has 4 nitrogen and oxygen atoms in total. The van der Waals surface area contributed by atoms with Gasteiger partial charge in [0.15, 0.2) is 0 Å². The molecular formula is C11H24N2O2S. The van der Waals surface area contributed by atoms with Crippen molar-refractivity contribution < 1.29 is 8.42 Å². The summed E-state index contributed by atoms with van der Waals surface area (Å²) >= 11 is 0. The lowest BCUT2D eigenvalue weighted by atomic mass is 9.93. The largest absolute Gasteiger partial charge is 0.316 e. The van der Waals surface area contributed by atoms with E-state index in [1.807, 2.05) is 6.92 Å². The quantitative estimate of drug-likeness (QED) is 0.629. The van der Waals surface area contributed by atoms with Gasteiger partial charge in [-0.2, -0.15) is 0 Å². The molecule has 0 aliphatic heterocycles. The van der Waals surface area contributed by atoms with E-state index in [1.54, 1.807) is 0 Å². The van der Waals surface area contributed by atoms with Crippen LogP contribution in [-0.4, -0.2) is 33.8 Å². The molecule has 2 N–H and O–H groups in total. The average molecular weight is 248 g/mol. The summed E-state index contributed by atoms with van der Waals surface area (Å²) in [6.45, 7) is 8.25. The van der Waals surface area contributed by atoms with Crippen molar-refractivity contribution in [2.24, 2.45) is 11.3 Å². The molecule has 1 aliphatic rings. The molecule has 1 aliphatic carbocycles. The molecule has 5 heteroatoms. The number of sulfonamides is 1. The molecule has 0 aromatic heterocycles. The van der Waals surface area contributed by atoms with Crippen molar-refractivity contribution in [3.8, 4) is 0 Å². The van der Waals surface area contributed by atoms with Crippen LogP contribution in [-0.2, 0) is 10.0 Å². The van der Waals surface area contributed by atoms with Crippen LogP contribution >= 0.6 is 0 Å². The lowest BCUT2D eigenvalue weighted by molar-refractivity contribution is 0.357. The Labute approximate surface area is 99.2 Å². The Morgan fingerprint density at radius 2 is 1.94 bits per heavy atom. The summed E-state index contributed by atoms with van der Waals surface area (Å²) in [7, 11) is -3.09. The molecule has 0 aromatic rings. The van der Waals surface area contributed by atoms with Crippen molar-refractivity contribution in [3.63, 3.8) is 0 Å². The van der Waals surface area contributed by atoms with E-state index in [2.05, 4.69) is 23.9 Å². The van der Waals surface area contributed by atoms with Crippen molar-refractivity contribution in [2.75, 3.05) is 25.4 Å². The summed E-state index contributed by atoms with van der Waals surface area (Å²) in [5.74, 6) is 0.735. The predicted octanol–water partition coefficient (Wildman–Crippen LogP) is 0.952. The van der Waals surface area contributed by atoms with Gasteiger partial charge in [-0.05, 0) is 30.7 Å². The van der Waals surface area contributed by atoms with Gasteiger partial charge in [0.1, 0.15) is 0 Å². The monoisotopic (exact) mass is 248 g/mol. The van der Waals surface area contributed by atoms with E-state index in [-0.39, 0.29) is 11.2 Å². The van der Waals surface area contributed by atoms with Crippen molar-refractivity contribution >= 4 is 10.0 Å². The molecule has 0 saturated heterocycles. The van der Waals surface area contributed by atoms with Gasteiger partial charge in [0, 0.05) is 13.1 Å². The third-order valence-electron chi connectivity index (χ3n) is 3.56. The van der Waals surface area contributed by atoms with Gasteiger partial charge >= 0.3 is 0 Å². The van der Waals surface area contributed by atoms with Crippen LogP contribution in [0.2, 0.25) is 0 Å². The minimum atomic E-state index is -3.09. The Bertz CT molecular complexity index is 308. The zero-order valence-electron chi connectivity index (χ0n) is 10.5. The van der Waals surface area contributed by atoms with E-state index in [4.69, 9.17) is 0 Å². The van der Waals surface area contributed by atoms with Crippen LogP contribution in [0.5, 0.6) is 0 Å². The molecule has 0 radical (unpaired) electrons. The maximum absolute atomic E-state index is 11.7. The highest BCUT2D eigenvalue weighted by atomic mass is 32.2. The average Bonchev–Trinajstić information content (AvgIpc) is 2.96. The van der Waals surface area contributed by atoms with Crippen LogP contribution in [0.3, 0.4) is 0 Å². The second kappa shape index (κ2) is 5.47. The van der Waals surface area contributed by atoms with Crippen LogP contribution in [0.4, 0.5) is 0 Å². The number of hydrogen-bond donors (Lipinski definition) is 2. The molecular weight excluding hydrogens is 224 g/mol. The summed E-state index contributed by atoms with van der Waals surface area (Å²) < 4.78 is 26.0. The van der Waals surface area contributed by atoms with Crippen LogP contribution in [0.15, 0.2) is 0 Å². The third-order valence-corrected chi connectivity index (χ3v) is 4.88. The minimum absolute atomic E-state index is 0.176. The van der Waals surface area contributed by atoms with Gasteiger partial charge in [-0.15, -0.1) is 0 Å². The van der Waals surface area contributed by atoms with Gasteiger partial charge in [0.25, 0.3) is 0 Å². The molecule has 0 unspecified atom stereocenters. The smallest absolute Gasteiger partial charge is 0.212 e. The van der Waals surface area contributed by atoms with Gasteiger partial charge in [-0.3, -0.25) is 0 Å². The molecule has 0 aromatic carbocycles. The Hall–Kier alpha value is -0.130. The second-order valence-electron chi connectivity index (χ2n) is 5.01. The van der Waals surface area contributed by atoms with E-state index in [0.717, 1.165) is 19.4 Å². The van der Waals surface area contributed by atoms with Crippen molar-refractivity contribution in [1.29, 1.82) is 0 Å². The lowest BCUT2D eigenvalue weighted by Crippen LogP contribution is -2.36.